The number of nitrogens with zero attached hydrogens (tertiary/aromatic N) is 2. The average molecular weight is 337 g/mol. The van der Waals surface area contributed by atoms with Crippen molar-refractivity contribution in [3.05, 3.63) is 53.6 Å². The third-order valence-electron chi connectivity index (χ3n) is 4.47. The summed E-state index contributed by atoms with van der Waals surface area (Å²) < 4.78 is 5.16. The van der Waals surface area contributed by atoms with Crippen LogP contribution in [0.15, 0.2) is 47.5 Å². The average Bonchev–Trinajstić information content (AvgIpc) is 3.14. The smallest absolute Gasteiger partial charge is 0.331 e. The highest BCUT2D eigenvalue weighted by Crippen LogP contribution is 2.27. The van der Waals surface area contributed by atoms with Crippen molar-refractivity contribution in [2.45, 2.75) is 26.7 Å². The molecular weight excluding hydrogens is 314 g/mol. The molecule has 3 rings (SSSR count). The van der Waals surface area contributed by atoms with Gasteiger partial charge in [0.15, 0.2) is 0 Å². The van der Waals surface area contributed by atoms with Gasteiger partial charge in [0.05, 0.1) is 12.8 Å². The standard InChI is InChI=1S/C20H23N3O2/c1-14-6-4-7-18(15(14)2)23(19-8-5-13-21-19)20(24)22-16-9-11-17(25-3)12-10-16/h4,6-7,9-12H,5,8,13H2,1-3H3,(H,22,24). The molecule has 1 aliphatic rings. The first kappa shape index (κ1) is 17.0. The summed E-state index contributed by atoms with van der Waals surface area (Å²) in [6.45, 7) is 4.86. The number of aryl methyl sites for hydroxylation is 1. The lowest BCUT2D eigenvalue weighted by Crippen LogP contribution is -2.40. The summed E-state index contributed by atoms with van der Waals surface area (Å²) in [6, 6.07) is 13.1. The second kappa shape index (κ2) is 7.38. The SMILES string of the molecule is COc1ccc(NC(=O)N(C2=NCCC2)c2cccc(C)c2C)cc1. The lowest BCUT2D eigenvalue weighted by molar-refractivity contribution is 0.259. The number of carbonyl (C=O) groups is 1. The summed E-state index contributed by atoms with van der Waals surface area (Å²) in [6.07, 6.45) is 1.79. The third-order valence-corrected chi connectivity index (χ3v) is 4.47. The van der Waals surface area contributed by atoms with E-state index in [2.05, 4.69) is 23.3 Å². The highest BCUT2D eigenvalue weighted by molar-refractivity contribution is 6.21. The molecule has 25 heavy (non-hydrogen) atoms. The minimum Gasteiger partial charge on any atom is -0.497 e. The molecule has 1 aliphatic heterocycles. The van der Waals surface area contributed by atoms with Crippen LogP contribution in [0.5, 0.6) is 5.75 Å². The number of amidine groups is 1. The molecule has 0 saturated heterocycles. The van der Waals surface area contributed by atoms with Crippen molar-refractivity contribution in [1.29, 1.82) is 0 Å². The fourth-order valence-electron chi connectivity index (χ4n) is 2.90. The highest BCUT2D eigenvalue weighted by Gasteiger charge is 2.25. The number of amides is 2. The second-order valence-electron chi connectivity index (χ2n) is 6.11. The zero-order chi connectivity index (χ0) is 17.8. The van der Waals surface area contributed by atoms with Crippen molar-refractivity contribution in [2.24, 2.45) is 4.99 Å². The molecule has 0 aromatic heterocycles. The second-order valence-corrected chi connectivity index (χ2v) is 6.11. The molecule has 0 unspecified atom stereocenters. The molecule has 2 amide bonds. The Morgan fingerprint density at radius 2 is 1.92 bits per heavy atom. The molecule has 2 aromatic rings. The van der Waals surface area contributed by atoms with Gasteiger partial charge in [-0.2, -0.15) is 0 Å². The molecule has 0 radical (unpaired) electrons. The van der Waals surface area contributed by atoms with Crippen LogP contribution in [0, 0.1) is 13.8 Å². The Morgan fingerprint density at radius 3 is 2.56 bits per heavy atom. The van der Waals surface area contributed by atoms with E-state index in [1.54, 1.807) is 12.0 Å². The highest BCUT2D eigenvalue weighted by atomic mass is 16.5. The van der Waals surface area contributed by atoms with Crippen molar-refractivity contribution in [1.82, 2.24) is 0 Å². The number of hydrogen-bond donors (Lipinski definition) is 1. The zero-order valence-corrected chi connectivity index (χ0v) is 14.9. The number of carbonyl (C=O) groups excluding carboxylic acids is 1. The summed E-state index contributed by atoms with van der Waals surface area (Å²) in [5, 5.41) is 2.97. The van der Waals surface area contributed by atoms with E-state index in [1.807, 2.05) is 43.3 Å². The van der Waals surface area contributed by atoms with Gasteiger partial charge in [-0.25, -0.2) is 9.69 Å². The van der Waals surface area contributed by atoms with Gasteiger partial charge >= 0.3 is 6.03 Å². The number of ether oxygens (including phenoxy) is 1. The van der Waals surface area contributed by atoms with Crippen LogP contribution >= 0.6 is 0 Å². The van der Waals surface area contributed by atoms with E-state index >= 15 is 0 Å². The van der Waals surface area contributed by atoms with Gasteiger partial charge in [-0.3, -0.25) is 4.99 Å². The molecule has 0 aliphatic carbocycles. The molecule has 5 nitrogen and oxygen atoms in total. The Bertz CT molecular complexity index is 797. The molecule has 0 atom stereocenters. The van der Waals surface area contributed by atoms with Crippen LogP contribution in [0.4, 0.5) is 16.2 Å². The van der Waals surface area contributed by atoms with Crippen LogP contribution in [-0.4, -0.2) is 25.5 Å². The molecule has 0 saturated carbocycles. The van der Waals surface area contributed by atoms with E-state index < -0.39 is 0 Å². The molecule has 2 aromatic carbocycles. The van der Waals surface area contributed by atoms with E-state index in [9.17, 15) is 4.79 Å². The topological polar surface area (TPSA) is 53.9 Å². The van der Waals surface area contributed by atoms with Crippen molar-refractivity contribution >= 4 is 23.2 Å². The number of hydrogen-bond acceptors (Lipinski definition) is 3. The van der Waals surface area contributed by atoms with Crippen molar-refractivity contribution in [2.75, 3.05) is 23.9 Å². The Hall–Kier alpha value is -2.82. The van der Waals surface area contributed by atoms with E-state index in [0.29, 0.717) is 0 Å². The van der Waals surface area contributed by atoms with Crippen LogP contribution in [0.1, 0.15) is 24.0 Å². The molecule has 0 bridgehead atoms. The number of rotatable bonds is 3. The van der Waals surface area contributed by atoms with Gasteiger partial charge in [-0.05, 0) is 61.7 Å². The number of benzene rings is 2. The van der Waals surface area contributed by atoms with Gasteiger partial charge in [0.25, 0.3) is 0 Å². The van der Waals surface area contributed by atoms with Gasteiger partial charge in [0.2, 0.25) is 0 Å². The minimum absolute atomic E-state index is 0.195. The van der Waals surface area contributed by atoms with Crippen LogP contribution in [0.3, 0.4) is 0 Å². The maximum atomic E-state index is 13.0. The first-order valence-electron chi connectivity index (χ1n) is 8.45. The molecule has 5 heteroatoms. The number of anilines is 2. The first-order valence-corrected chi connectivity index (χ1v) is 8.45. The summed E-state index contributed by atoms with van der Waals surface area (Å²) >= 11 is 0. The Balaban J connectivity index is 1.91. The van der Waals surface area contributed by atoms with Crippen LogP contribution in [-0.2, 0) is 0 Å². The maximum absolute atomic E-state index is 13.0. The molecule has 1 heterocycles. The van der Waals surface area contributed by atoms with E-state index in [-0.39, 0.29) is 6.03 Å². The Labute approximate surface area is 148 Å². The van der Waals surface area contributed by atoms with E-state index in [0.717, 1.165) is 53.5 Å². The summed E-state index contributed by atoms with van der Waals surface area (Å²) in [5.41, 5.74) is 3.84. The number of nitrogens with one attached hydrogen (secondary N) is 1. The fraction of sp³-hybridized carbons (Fsp3) is 0.300. The number of urea groups is 1. The Morgan fingerprint density at radius 1 is 1.16 bits per heavy atom. The maximum Gasteiger partial charge on any atom is 0.331 e. The molecule has 0 fully saturated rings. The Kier molecular flexibility index (Phi) is 5.03. The largest absolute Gasteiger partial charge is 0.497 e. The molecular formula is C20H23N3O2. The van der Waals surface area contributed by atoms with Crippen LogP contribution in [0.25, 0.3) is 0 Å². The zero-order valence-electron chi connectivity index (χ0n) is 14.9. The van der Waals surface area contributed by atoms with Crippen molar-refractivity contribution in [3.8, 4) is 5.75 Å². The lowest BCUT2D eigenvalue weighted by atomic mass is 10.1. The monoisotopic (exact) mass is 337 g/mol. The van der Waals surface area contributed by atoms with Crippen molar-refractivity contribution < 1.29 is 9.53 Å². The molecule has 130 valence electrons. The van der Waals surface area contributed by atoms with Crippen LogP contribution < -0.4 is 15.0 Å². The van der Waals surface area contributed by atoms with Gasteiger partial charge in [-0.15, -0.1) is 0 Å². The normalized spacial score (nSPS) is 13.3. The summed E-state index contributed by atoms with van der Waals surface area (Å²) in [5.74, 6) is 1.57. The van der Waals surface area contributed by atoms with Crippen molar-refractivity contribution in [3.63, 3.8) is 0 Å². The quantitative estimate of drug-likeness (QED) is 0.894. The van der Waals surface area contributed by atoms with Crippen LogP contribution in [0.2, 0.25) is 0 Å². The van der Waals surface area contributed by atoms with Gasteiger partial charge in [0, 0.05) is 18.7 Å². The third kappa shape index (κ3) is 3.65. The summed E-state index contributed by atoms with van der Waals surface area (Å²) in [4.78, 5) is 19.3. The minimum atomic E-state index is -0.195. The number of aliphatic imine (C=N–C) groups is 1. The van der Waals surface area contributed by atoms with Gasteiger partial charge < -0.3 is 10.1 Å². The van der Waals surface area contributed by atoms with Gasteiger partial charge in [-0.1, -0.05) is 12.1 Å². The predicted molar refractivity (Wildman–Crippen MR) is 102 cm³/mol. The lowest BCUT2D eigenvalue weighted by Gasteiger charge is -2.25. The fourth-order valence-corrected chi connectivity index (χ4v) is 2.90. The summed E-state index contributed by atoms with van der Waals surface area (Å²) in [7, 11) is 1.62. The van der Waals surface area contributed by atoms with Gasteiger partial charge in [0.1, 0.15) is 11.6 Å². The predicted octanol–water partition coefficient (Wildman–Crippen LogP) is 4.54. The number of methoxy groups -OCH3 is 1. The molecule has 0 spiro atoms. The first-order chi connectivity index (χ1) is 12.1. The molecule has 1 N–H and O–H groups in total. The van der Waals surface area contributed by atoms with E-state index in [4.69, 9.17) is 4.74 Å². The van der Waals surface area contributed by atoms with E-state index in [1.165, 1.54) is 0 Å².